The van der Waals surface area contributed by atoms with Gasteiger partial charge in [0.2, 0.25) is 35.4 Å². The Hall–Kier alpha value is -3.23. The van der Waals surface area contributed by atoms with Gasteiger partial charge < -0.3 is 32.3 Å². The Bertz CT molecular complexity index is 1080. The van der Waals surface area contributed by atoms with Crippen LogP contribution >= 0.6 is 22.6 Å². The van der Waals surface area contributed by atoms with E-state index in [0.717, 1.165) is 9.13 Å². The van der Waals surface area contributed by atoms with Gasteiger partial charge in [-0.2, -0.15) is 0 Å². The third-order valence-corrected chi connectivity index (χ3v) is 7.17. The zero-order valence-corrected chi connectivity index (χ0v) is 24.5. The van der Waals surface area contributed by atoms with Crippen molar-refractivity contribution in [2.45, 2.75) is 77.0 Å². The van der Waals surface area contributed by atoms with E-state index < -0.39 is 59.6 Å². The van der Waals surface area contributed by atoms with Crippen molar-refractivity contribution >= 4 is 58.0 Å². The summed E-state index contributed by atoms with van der Waals surface area (Å²) in [6, 6.07) is 3.42. The topological polar surface area (TPSA) is 194 Å². The first kappa shape index (κ1) is 32.0. The largest absolute Gasteiger partial charge is 0.370 e. The summed E-state index contributed by atoms with van der Waals surface area (Å²) in [5.41, 5.74) is 11.6. The normalized spacial score (nSPS) is 17.2. The summed E-state index contributed by atoms with van der Waals surface area (Å²) in [6.07, 6.45) is 0.843. The summed E-state index contributed by atoms with van der Waals surface area (Å²) >= 11 is 2.15. The zero-order chi connectivity index (χ0) is 29.3. The van der Waals surface area contributed by atoms with Crippen LogP contribution in [0.1, 0.15) is 52.0 Å². The quantitative estimate of drug-likeness (QED) is 0.181. The maximum absolute atomic E-state index is 13.6. The number of benzene rings is 1. The van der Waals surface area contributed by atoms with Gasteiger partial charge in [-0.15, -0.1) is 0 Å². The molecule has 0 bridgehead atoms. The Morgan fingerprint density at radius 1 is 0.974 bits per heavy atom. The molecule has 39 heavy (non-hydrogen) atoms. The van der Waals surface area contributed by atoms with Gasteiger partial charge in [0, 0.05) is 29.9 Å². The van der Waals surface area contributed by atoms with Gasteiger partial charge >= 0.3 is 0 Å². The molecule has 0 aliphatic carbocycles. The van der Waals surface area contributed by atoms with E-state index in [1.165, 1.54) is 11.8 Å². The minimum Gasteiger partial charge on any atom is -0.370 e. The molecular weight excluding hydrogens is 619 g/mol. The van der Waals surface area contributed by atoms with Crippen LogP contribution in [0.25, 0.3) is 0 Å². The molecule has 214 valence electrons. The van der Waals surface area contributed by atoms with Gasteiger partial charge in [0.15, 0.2) is 0 Å². The molecule has 12 nitrogen and oxygen atoms in total. The number of carbonyl (C=O) groups is 6. The maximum Gasteiger partial charge on any atom is 0.246 e. The lowest BCUT2D eigenvalue weighted by Gasteiger charge is -2.30. The van der Waals surface area contributed by atoms with Crippen LogP contribution in [0.4, 0.5) is 0 Å². The van der Waals surface area contributed by atoms with E-state index in [-0.39, 0.29) is 25.2 Å². The minimum absolute atomic E-state index is 0.115. The lowest BCUT2D eigenvalue weighted by Crippen LogP contribution is -2.59. The summed E-state index contributed by atoms with van der Waals surface area (Å²) in [5.74, 6) is -3.78. The molecular formula is C26H37IN6O6. The van der Waals surface area contributed by atoms with Crippen molar-refractivity contribution in [3.05, 3.63) is 33.4 Å². The molecule has 0 radical (unpaired) electrons. The molecule has 1 aromatic carbocycles. The number of primary amides is 2. The molecule has 4 atom stereocenters. The van der Waals surface area contributed by atoms with E-state index in [9.17, 15) is 28.8 Å². The van der Waals surface area contributed by atoms with E-state index in [0.29, 0.717) is 19.4 Å². The summed E-state index contributed by atoms with van der Waals surface area (Å²) in [7, 11) is 0. The number of nitrogens with zero attached hydrogens (tertiary/aromatic N) is 1. The Labute approximate surface area is 241 Å². The number of likely N-dealkylation sites (tertiary alicyclic amines) is 1. The number of nitrogens with one attached hydrogen (secondary N) is 3. The van der Waals surface area contributed by atoms with Gasteiger partial charge in [-0.1, -0.05) is 26.0 Å². The molecule has 1 fully saturated rings. The maximum atomic E-state index is 13.6. The van der Waals surface area contributed by atoms with E-state index in [1.54, 1.807) is 13.8 Å². The minimum atomic E-state index is -1.21. The predicted molar refractivity (Wildman–Crippen MR) is 152 cm³/mol. The van der Waals surface area contributed by atoms with Gasteiger partial charge in [-0.25, -0.2) is 0 Å². The molecule has 0 unspecified atom stereocenters. The zero-order valence-electron chi connectivity index (χ0n) is 22.4. The molecule has 6 amide bonds. The van der Waals surface area contributed by atoms with Crippen molar-refractivity contribution in [1.82, 2.24) is 20.9 Å². The van der Waals surface area contributed by atoms with Crippen LogP contribution in [0.5, 0.6) is 0 Å². The lowest BCUT2D eigenvalue weighted by atomic mass is 10.0. The number of hydrogen-bond acceptors (Lipinski definition) is 6. The van der Waals surface area contributed by atoms with Crippen molar-refractivity contribution in [1.29, 1.82) is 0 Å². The highest BCUT2D eigenvalue weighted by Crippen LogP contribution is 2.20. The van der Waals surface area contributed by atoms with Gasteiger partial charge in [-0.05, 0) is 65.5 Å². The second kappa shape index (κ2) is 14.8. The van der Waals surface area contributed by atoms with Crippen molar-refractivity contribution in [3.63, 3.8) is 0 Å². The summed E-state index contributed by atoms with van der Waals surface area (Å²) in [5, 5.41) is 7.87. The van der Waals surface area contributed by atoms with Gasteiger partial charge in [0.25, 0.3) is 0 Å². The average Bonchev–Trinajstić information content (AvgIpc) is 3.35. The molecule has 0 saturated carbocycles. The first-order chi connectivity index (χ1) is 18.3. The standard InChI is InChI=1S/C26H37IN6O6/c1-14(2)22(30-15(3)34)25(38)31-18(10-11-21(28)35)24(37)32-19(13-16-6-8-17(27)9-7-16)26(39)33-12-4-5-20(33)23(29)36/h6-9,14,18-20,22H,4-5,10-13H2,1-3H3,(H2,28,35)(H2,29,36)(H,30,34)(H,31,38)(H,32,37)/t18-,19+,20+,22-/m0/s1. The van der Waals surface area contributed by atoms with Crippen molar-refractivity contribution in [3.8, 4) is 0 Å². The summed E-state index contributed by atoms with van der Waals surface area (Å²) in [4.78, 5) is 76.5. The van der Waals surface area contributed by atoms with Crippen LogP contribution in [-0.2, 0) is 35.2 Å². The third kappa shape index (κ3) is 9.79. The van der Waals surface area contributed by atoms with Crippen LogP contribution in [0.2, 0.25) is 0 Å². The number of halogens is 1. The van der Waals surface area contributed by atoms with Crippen molar-refractivity contribution in [2.75, 3.05) is 6.54 Å². The highest BCUT2D eigenvalue weighted by molar-refractivity contribution is 14.1. The highest BCUT2D eigenvalue weighted by Gasteiger charge is 2.38. The Kier molecular flexibility index (Phi) is 12.1. The van der Waals surface area contributed by atoms with E-state index in [2.05, 4.69) is 38.5 Å². The van der Waals surface area contributed by atoms with Crippen molar-refractivity contribution < 1.29 is 28.8 Å². The second-order valence-corrected chi connectivity index (χ2v) is 11.2. The number of rotatable bonds is 13. The SMILES string of the molecule is CC(=O)N[C@H](C(=O)N[C@@H](CCC(N)=O)C(=O)N[C@H](Cc1ccc(I)cc1)C(=O)N1CCC[C@@H]1C(N)=O)C(C)C. The smallest absolute Gasteiger partial charge is 0.246 e. The number of carbonyl (C=O) groups excluding carboxylic acids is 6. The molecule has 2 rings (SSSR count). The lowest BCUT2D eigenvalue weighted by molar-refractivity contribution is -0.141. The first-order valence-electron chi connectivity index (χ1n) is 12.8. The van der Waals surface area contributed by atoms with E-state index in [1.807, 2.05) is 24.3 Å². The molecule has 1 saturated heterocycles. The highest BCUT2D eigenvalue weighted by atomic mass is 127. The second-order valence-electron chi connectivity index (χ2n) is 9.97. The van der Waals surface area contributed by atoms with Crippen molar-refractivity contribution in [2.24, 2.45) is 17.4 Å². The number of amides is 6. The fraction of sp³-hybridized carbons (Fsp3) is 0.538. The Balaban J connectivity index is 2.32. The fourth-order valence-electron chi connectivity index (χ4n) is 4.43. The van der Waals surface area contributed by atoms with Crippen LogP contribution in [-0.4, -0.2) is 71.1 Å². The molecule has 1 aliphatic heterocycles. The molecule has 1 aromatic rings. The molecule has 1 heterocycles. The Morgan fingerprint density at radius 2 is 1.59 bits per heavy atom. The molecule has 13 heteroatoms. The van der Waals surface area contributed by atoms with Gasteiger partial charge in [-0.3, -0.25) is 28.8 Å². The average molecular weight is 657 g/mol. The van der Waals surface area contributed by atoms with E-state index in [4.69, 9.17) is 11.5 Å². The molecule has 7 N–H and O–H groups in total. The van der Waals surface area contributed by atoms with Crippen LogP contribution < -0.4 is 27.4 Å². The predicted octanol–water partition coefficient (Wildman–Crippen LogP) is -0.294. The number of hydrogen-bond donors (Lipinski definition) is 5. The Morgan fingerprint density at radius 3 is 2.13 bits per heavy atom. The van der Waals surface area contributed by atoms with Crippen LogP contribution in [0.15, 0.2) is 24.3 Å². The van der Waals surface area contributed by atoms with Gasteiger partial charge in [0.1, 0.15) is 24.2 Å². The summed E-state index contributed by atoms with van der Waals surface area (Å²) < 4.78 is 0.990. The first-order valence-corrected chi connectivity index (χ1v) is 13.9. The summed E-state index contributed by atoms with van der Waals surface area (Å²) in [6.45, 7) is 5.07. The molecule has 0 aromatic heterocycles. The fourth-order valence-corrected chi connectivity index (χ4v) is 4.79. The third-order valence-electron chi connectivity index (χ3n) is 6.45. The van der Waals surface area contributed by atoms with Crippen LogP contribution in [0, 0.1) is 9.49 Å². The van der Waals surface area contributed by atoms with Gasteiger partial charge in [0.05, 0.1) is 0 Å². The monoisotopic (exact) mass is 656 g/mol. The van der Waals surface area contributed by atoms with E-state index >= 15 is 0 Å². The van der Waals surface area contributed by atoms with Crippen LogP contribution in [0.3, 0.4) is 0 Å². The molecule has 1 aliphatic rings. The number of nitrogens with two attached hydrogens (primary N) is 2. The molecule has 0 spiro atoms.